The zero-order valence-electron chi connectivity index (χ0n) is 36.7. The number of nitrogens with zero attached hydrogens (tertiary/aromatic N) is 1. The average Bonchev–Trinajstić information content (AvgIpc) is 3.53. The Morgan fingerprint density at radius 3 is 1.74 bits per heavy atom. The third kappa shape index (κ3) is 19.7. The number of carbonyl (C=O) groups excluding carboxylic acids is 9. The third-order valence-corrected chi connectivity index (χ3v) is 12.1. The molecule has 2 aliphatic heterocycles. The fourth-order valence-electron chi connectivity index (χ4n) is 7.68. The van der Waals surface area contributed by atoms with E-state index in [1.54, 1.807) is 0 Å². The van der Waals surface area contributed by atoms with Gasteiger partial charge in [-0.05, 0) is 75.9 Å². The summed E-state index contributed by atoms with van der Waals surface area (Å²) in [7, 11) is 0. The first-order valence-corrected chi connectivity index (χ1v) is 23.1. The standard InChI is InChI=1S/C43H67N5O13S/c1-28(49)47-39-41(60-31(4)52)40(59-30(3)51)34(27-58-29(2)50)61-43(39)62-25-13-7-12-23-45-36(54)14-8-5-10-22-44-35(53)15-9-6-11-24-46-42(57)33-18-16-32(17-19-33)26-48-37(55)20-21-38(48)56/h20-21,32-34,39-41,43H,5-19,22-27H2,1-4H3,(H,44,53)(H,45,54)(H,46,57)(H,47,49)/t32?,33?,34?,39?,40-,41+,43-/m0/s1. The van der Waals surface area contributed by atoms with Crippen molar-refractivity contribution in [1.82, 2.24) is 26.2 Å². The SMILES string of the molecule is CC(=O)NC1[C@@H](OC(C)=O)[C@@H](OC(C)=O)C(COC(C)=O)O[C@H]1SCCCCCNC(=O)CCCCCNC(=O)CCCCCNC(=O)C1CCC(CN2C(=O)C=CC2=O)CC1. The van der Waals surface area contributed by atoms with Gasteiger partial charge in [-0.15, -0.1) is 11.8 Å². The maximum absolute atomic E-state index is 12.6. The van der Waals surface area contributed by atoms with E-state index in [4.69, 9.17) is 18.9 Å². The quantitative estimate of drug-likeness (QED) is 0.0402. The number of carbonyl (C=O) groups is 9. The molecule has 0 aromatic rings. The zero-order valence-corrected chi connectivity index (χ0v) is 37.5. The van der Waals surface area contributed by atoms with Crippen LogP contribution < -0.4 is 21.3 Å². The van der Waals surface area contributed by atoms with E-state index in [1.165, 1.54) is 56.5 Å². The fraction of sp³-hybridized carbons (Fsp3) is 0.744. The van der Waals surface area contributed by atoms with Gasteiger partial charge in [-0.2, -0.15) is 0 Å². The number of hydrogen-bond acceptors (Lipinski definition) is 14. The minimum atomic E-state index is -1.13. The number of esters is 3. The van der Waals surface area contributed by atoms with Crippen LogP contribution in [0, 0.1) is 11.8 Å². The molecule has 19 heteroatoms. The molecule has 1 aliphatic carbocycles. The predicted molar refractivity (Wildman–Crippen MR) is 228 cm³/mol. The molecule has 2 heterocycles. The van der Waals surface area contributed by atoms with E-state index in [0.29, 0.717) is 51.2 Å². The largest absolute Gasteiger partial charge is 0.463 e. The van der Waals surface area contributed by atoms with Crippen LogP contribution >= 0.6 is 11.8 Å². The number of unbranched alkanes of at least 4 members (excludes halogenated alkanes) is 6. The first-order chi connectivity index (χ1) is 29.6. The molecule has 0 bridgehead atoms. The van der Waals surface area contributed by atoms with Crippen molar-refractivity contribution in [3.63, 3.8) is 0 Å². The molecule has 0 radical (unpaired) electrons. The van der Waals surface area contributed by atoms with Crippen molar-refractivity contribution in [1.29, 1.82) is 0 Å². The summed E-state index contributed by atoms with van der Waals surface area (Å²) in [6.07, 6.45) is 10.4. The Morgan fingerprint density at radius 1 is 0.677 bits per heavy atom. The van der Waals surface area contributed by atoms with E-state index >= 15 is 0 Å². The van der Waals surface area contributed by atoms with E-state index in [-0.39, 0.29) is 48.0 Å². The molecule has 5 atom stereocenters. The first-order valence-electron chi connectivity index (χ1n) is 22.0. The first kappa shape index (κ1) is 51.8. The van der Waals surface area contributed by atoms with Gasteiger partial charge in [-0.1, -0.05) is 19.3 Å². The summed E-state index contributed by atoms with van der Waals surface area (Å²) in [6, 6.07) is -0.849. The lowest BCUT2D eigenvalue weighted by molar-refractivity contribution is -0.211. The molecule has 348 valence electrons. The highest BCUT2D eigenvalue weighted by Gasteiger charge is 2.50. The number of ether oxygens (including phenoxy) is 4. The third-order valence-electron chi connectivity index (χ3n) is 10.8. The molecular weight excluding hydrogens is 827 g/mol. The molecule has 0 aromatic heterocycles. The van der Waals surface area contributed by atoms with E-state index in [1.807, 2.05) is 0 Å². The maximum Gasteiger partial charge on any atom is 0.303 e. The molecule has 4 N–H and O–H groups in total. The molecule has 6 amide bonds. The maximum atomic E-state index is 12.6. The molecule has 0 aromatic carbocycles. The van der Waals surface area contributed by atoms with Gasteiger partial charge >= 0.3 is 17.9 Å². The van der Waals surface area contributed by atoms with E-state index in [0.717, 1.165) is 77.0 Å². The van der Waals surface area contributed by atoms with Crippen LogP contribution in [-0.4, -0.2) is 127 Å². The molecule has 62 heavy (non-hydrogen) atoms. The van der Waals surface area contributed by atoms with Gasteiger partial charge in [0.2, 0.25) is 23.6 Å². The Kier molecular flexibility index (Phi) is 23.6. The van der Waals surface area contributed by atoms with Crippen molar-refractivity contribution in [2.24, 2.45) is 11.8 Å². The Bertz CT molecular complexity index is 1550. The predicted octanol–water partition coefficient (Wildman–Crippen LogP) is 2.75. The second-order valence-corrected chi connectivity index (χ2v) is 17.3. The van der Waals surface area contributed by atoms with Crippen LogP contribution in [0.15, 0.2) is 12.2 Å². The van der Waals surface area contributed by atoms with Gasteiger partial charge in [0.15, 0.2) is 12.2 Å². The molecule has 3 aliphatic rings. The summed E-state index contributed by atoms with van der Waals surface area (Å²) < 4.78 is 22.3. The van der Waals surface area contributed by atoms with E-state index in [2.05, 4.69) is 21.3 Å². The van der Waals surface area contributed by atoms with Crippen molar-refractivity contribution >= 4 is 65.1 Å². The lowest BCUT2D eigenvalue weighted by Gasteiger charge is -2.45. The van der Waals surface area contributed by atoms with Gasteiger partial charge in [0, 0.05) is 84.8 Å². The Labute approximate surface area is 368 Å². The smallest absolute Gasteiger partial charge is 0.303 e. The van der Waals surface area contributed by atoms with Crippen LogP contribution in [0.1, 0.15) is 124 Å². The number of amides is 6. The van der Waals surface area contributed by atoms with Crippen LogP contribution in [0.4, 0.5) is 0 Å². The monoisotopic (exact) mass is 893 g/mol. The summed E-state index contributed by atoms with van der Waals surface area (Å²) in [5, 5.41) is 11.7. The molecule has 18 nitrogen and oxygen atoms in total. The highest BCUT2D eigenvalue weighted by atomic mass is 32.2. The van der Waals surface area contributed by atoms with Gasteiger partial charge in [0.1, 0.15) is 24.2 Å². The van der Waals surface area contributed by atoms with Crippen molar-refractivity contribution in [2.75, 3.05) is 38.5 Å². The van der Waals surface area contributed by atoms with Crippen molar-refractivity contribution in [3.05, 3.63) is 12.2 Å². The van der Waals surface area contributed by atoms with Gasteiger partial charge in [-0.3, -0.25) is 48.1 Å². The topological polar surface area (TPSA) is 242 Å². The van der Waals surface area contributed by atoms with Crippen molar-refractivity contribution < 1.29 is 62.1 Å². The summed E-state index contributed by atoms with van der Waals surface area (Å²) in [5.74, 6) is -1.98. The zero-order chi connectivity index (χ0) is 45.4. The molecule has 1 saturated heterocycles. The highest BCUT2D eigenvalue weighted by Crippen LogP contribution is 2.33. The molecule has 2 fully saturated rings. The molecule has 3 rings (SSSR count). The number of thioether (sulfide) groups is 1. The van der Waals surface area contributed by atoms with E-state index in [9.17, 15) is 43.2 Å². The van der Waals surface area contributed by atoms with Crippen LogP contribution in [0.3, 0.4) is 0 Å². The molecule has 1 saturated carbocycles. The van der Waals surface area contributed by atoms with Crippen LogP contribution in [0.25, 0.3) is 0 Å². The van der Waals surface area contributed by atoms with E-state index < -0.39 is 53.6 Å². The summed E-state index contributed by atoms with van der Waals surface area (Å²) >= 11 is 1.39. The number of hydrogen-bond donors (Lipinski definition) is 4. The van der Waals surface area contributed by atoms with Crippen LogP contribution in [-0.2, 0) is 62.1 Å². The molecule has 2 unspecified atom stereocenters. The average molecular weight is 894 g/mol. The highest BCUT2D eigenvalue weighted by molar-refractivity contribution is 7.99. The number of nitrogens with one attached hydrogen (secondary N) is 4. The van der Waals surface area contributed by atoms with Gasteiger partial charge in [-0.25, -0.2) is 0 Å². The Balaban J connectivity index is 1.18. The summed E-state index contributed by atoms with van der Waals surface area (Å²) in [6.45, 7) is 6.76. The van der Waals surface area contributed by atoms with Crippen molar-refractivity contribution in [3.8, 4) is 0 Å². The minimum absolute atomic E-state index is 0.00332. The normalized spacial score (nSPS) is 23.3. The van der Waals surface area contributed by atoms with Gasteiger partial charge < -0.3 is 40.2 Å². The van der Waals surface area contributed by atoms with Gasteiger partial charge in [0.25, 0.3) is 11.8 Å². The summed E-state index contributed by atoms with van der Waals surface area (Å²) in [4.78, 5) is 110. The van der Waals surface area contributed by atoms with Crippen LogP contribution in [0.5, 0.6) is 0 Å². The Morgan fingerprint density at radius 2 is 1.21 bits per heavy atom. The molecule has 0 spiro atoms. The number of rotatable bonds is 27. The van der Waals surface area contributed by atoms with Crippen molar-refractivity contribution in [2.45, 2.75) is 154 Å². The van der Waals surface area contributed by atoms with Crippen LogP contribution in [0.2, 0.25) is 0 Å². The molecular formula is C43H67N5O13S. The lowest BCUT2D eigenvalue weighted by Crippen LogP contribution is -2.65. The lowest BCUT2D eigenvalue weighted by atomic mass is 9.81. The fourth-order valence-corrected chi connectivity index (χ4v) is 8.93. The van der Waals surface area contributed by atoms with Gasteiger partial charge in [0.05, 0.1) is 0 Å². The number of imide groups is 1. The summed E-state index contributed by atoms with van der Waals surface area (Å²) in [5.41, 5.74) is -0.709. The Hall–Kier alpha value is -4.52. The second-order valence-electron chi connectivity index (χ2n) is 16.1. The second kappa shape index (κ2) is 28.2. The minimum Gasteiger partial charge on any atom is -0.463 e.